The first-order valence-corrected chi connectivity index (χ1v) is 5.88. The molecular formula is C13H14ClNO2. The van der Waals surface area contributed by atoms with Gasteiger partial charge in [-0.15, -0.1) is 0 Å². The Labute approximate surface area is 105 Å². The minimum atomic E-state index is -0.360. The van der Waals surface area contributed by atoms with Gasteiger partial charge in [0.1, 0.15) is 0 Å². The number of rotatable bonds is 4. The van der Waals surface area contributed by atoms with E-state index in [1.54, 1.807) is 18.2 Å². The van der Waals surface area contributed by atoms with Crippen molar-refractivity contribution in [2.75, 3.05) is 6.61 Å². The molecule has 0 unspecified atom stereocenters. The maximum Gasteiger partial charge on any atom is 0.244 e. The molecule has 1 aromatic rings. The van der Waals surface area contributed by atoms with Crippen LogP contribution >= 0.6 is 11.6 Å². The Morgan fingerprint density at radius 3 is 2.59 bits per heavy atom. The summed E-state index contributed by atoms with van der Waals surface area (Å²) in [5.41, 5.74) is 0.555. The SMILES string of the molecule is O=C(/C=C/c1ccc(Cl)cc1)NC1(CO)CC1. The Hall–Kier alpha value is -1.32. The van der Waals surface area contributed by atoms with E-state index in [1.807, 2.05) is 12.1 Å². The van der Waals surface area contributed by atoms with Crippen LogP contribution in [0.5, 0.6) is 0 Å². The average Bonchev–Trinajstić information content (AvgIpc) is 3.09. The molecule has 0 saturated heterocycles. The van der Waals surface area contributed by atoms with Gasteiger partial charge in [0.2, 0.25) is 5.91 Å². The lowest BCUT2D eigenvalue weighted by Gasteiger charge is -2.11. The second kappa shape index (κ2) is 4.90. The molecule has 2 N–H and O–H groups in total. The molecule has 0 bridgehead atoms. The molecule has 3 nitrogen and oxygen atoms in total. The van der Waals surface area contributed by atoms with Crippen LogP contribution in [0.1, 0.15) is 18.4 Å². The average molecular weight is 252 g/mol. The van der Waals surface area contributed by atoms with Gasteiger partial charge < -0.3 is 10.4 Å². The van der Waals surface area contributed by atoms with Crippen molar-refractivity contribution in [1.29, 1.82) is 0 Å². The third-order valence-electron chi connectivity index (χ3n) is 2.84. The molecule has 17 heavy (non-hydrogen) atoms. The lowest BCUT2D eigenvalue weighted by atomic mass is 10.2. The Morgan fingerprint density at radius 2 is 2.06 bits per heavy atom. The normalized spacial score (nSPS) is 17.1. The van der Waals surface area contributed by atoms with Crippen LogP contribution in [0.4, 0.5) is 0 Å². The summed E-state index contributed by atoms with van der Waals surface area (Å²) in [6, 6.07) is 7.22. The number of aliphatic hydroxyl groups is 1. The number of carbonyl (C=O) groups is 1. The molecule has 1 aliphatic rings. The molecule has 2 rings (SSSR count). The molecule has 0 spiro atoms. The summed E-state index contributed by atoms with van der Waals surface area (Å²) in [5, 5.41) is 12.5. The third-order valence-corrected chi connectivity index (χ3v) is 3.09. The van der Waals surface area contributed by atoms with Crippen LogP contribution in [-0.4, -0.2) is 23.2 Å². The van der Waals surface area contributed by atoms with Crippen LogP contribution in [0.15, 0.2) is 30.3 Å². The van der Waals surface area contributed by atoms with Crippen molar-refractivity contribution < 1.29 is 9.90 Å². The van der Waals surface area contributed by atoms with Crippen LogP contribution in [0.2, 0.25) is 5.02 Å². The first-order valence-electron chi connectivity index (χ1n) is 5.50. The first-order chi connectivity index (χ1) is 8.13. The fourth-order valence-corrected chi connectivity index (χ4v) is 1.65. The van der Waals surface area contributed by atoms with Gasteiger partial charge in [-0.25, -0.2) is 0 Å². The van der Waals surface area contributed by atoms with Crippen molar-refractivity contribution in [3.63, 3.8) is 0 Å². The smallest absolute Gasteiger partial charge is 0.244 e. The highest BCUT2D eigenvalue weighted by atomic mass is 35.5. The van der Waals surface area contributed by atoms with Gasteiger partial charge in [-0.2, -0.15) is 0 Å². The number of nitrogens with one attached hydrogen (secondary N) is 1. The second-order valence-corrected chi connectivity index (χ2v) is 4.75. The summed E-state index contributed by atoms with van der Waals surface area (Å²) < 4.78 is 0. The van der Waals surface area contributed by atoms with Gasteiger partial charge in [-0.1, -0.05) is 23.7 Å². The fraction of sp³-hybridized carbons (Fsp3) is 0.308. The lowest BCUT2D eigenvalue weighted by molar-refractivity contribution is -0.117. The number of benzene rings is 1. The molecule has 1 aromatic carbocycles. The Morgan fingerprint density at radius 1 is 1.41 bits per heavy atom. The summed E-state index contributed by atoms with van der Waals surface area (Å²) in [6.07, 6.45) is 4.89. The van der Waals surface area contributed by atoms with Crippen molar-refractivity contribution in [2.24, 2.45) is 0 Å². The van der Waals surface area contributed by atoms with Gasteiger partial charge in [-0.3, -0.25) is 4.79 Å². The predicted molar refractivity (Wildman–Crippen MR) is 67.7 cm³/mol. The molecule has 0 radical (unpaired) electrons. The zero-order chi connectivity index (χ0) is 12.3. The molecular weight excluding hydrogens is 238 g/mol. The van der Waals surface area contributed by atoms with Crippen molar-refractivity contribution in [3.05, 3.63) is 40.9 Å². The molecule has 4 heteroatoms. The maximum absolute atomic E-state index is 11.6. The zero-order valence-corrected chi connectivity index (χ0v) is 10.1. The molecule has 0 aliphatic heterocycles. The van der Waals surface area contributed by atoms with E-state index in [0.717, 1.165) is 18.4 Å². The molecule has 1 aliphatic carbocycles. The monoisotopic (exact) mass is 251 g/mol. The van der Waals surface area contributed by atoms with E-state index in [-0.39, 0.29) is 18.1 Å². The molecule has 0 heterocycles. The van der Waals surface area contributed by atoms with Crippen molar-refractivity contribution in [1.82, 2.24) is 5.32 Å². The quantitative estimate of drug-likeness (QED) is 0.804. The van der Waals surface area contributed by atoms with Gasteiger partial charge in [0.05, 0.1) is 12.1 Å². The fourth-order valence-electron chi connectivity index (χ4n) is 1.52. The van der Waals surface area contributed by atoms with E-state index < -0.39 is 0 Å². The van der Waals surface area contributed by atoms with Gasteiger partial charge in [0, 0.05) is 11.1 Å². The van der Waals surface area contributed by atoms with Crippen LogP contribution in [0.25, 0.3) is 6.08 Å². The van der Waals surface area contributed by atoms with E-state index >= 15 is 0 Å². The van der Waals surface area contributed by atoms with Crippen molar-refractivity contribution in [2.45, 2.75) is 18.4 Å². The summed E-state index contributed by atoms with van der Waals surface area (Å²) >= 11 is 5.76. The first kappa shape index (κ1) is 12.1. The highest BCUT2D eigenvalue weighted by Crippen LogP contribution is 2.34. The van der Waals surface area contributed by atoms with E-state index in [0.29, 0.717) is 5.02 Å². The van der Waals surface area contributed by atoms with Crippen LogP contribution in [0.3, 0.4) is 0 Å². The summed E-state index contributed by atoms with van der Waals surface area (Å²) in [7, 11) is 0. The third kappa shape index (κ3) is 3.32. The number of amides is 1. The van der Waals surface area contributed by atoms with Crippen LogP contribution < -0.4 is 5.32 Å². The predicted octanol–water partition coefficient (Wildman–Crippen LogP) is 1.99. The Bertz CT molecular complexity index is 435. The minimum absolute atomic E-state index is 0.00747. The van der Waals surface area contributed by atoms with Gasteiger partial charge in [0.15, 0.2) is 0 Å². The molecule has 1 amide bonds. The molecule has 0 aromatic heterocycles. The molecule has 1 fully saturated rings. The topological polar surface area (TPSA) is 49.3 Å². The van der Waals surface area contributed by atoms with Gasteiger partial charge in [-0.05, 0) is 36.6 Å². The summed E-state index contributed by atoms with van der Waals surface area (Å²) in [4.78, 5) is 11.6. The van der Waals surface area contributed by atoms with E-state index in [1.165, 1.54) is 6.08 Å². The van der Waals surface area contributed by atoms with Gasteiger partial charge in [0.25, 0.3) is 0 Å². The zero-order valence-electron chi connectivity index (χ0n) is 9.32. The van der Waals surface area contributed by atoms with Crippen molar-refractivity contribution in [3.8, 4) is 0 Å². The number of carbonyl (C=O) groups excluding carboxylic acids is 1. The van der Waals surface area contributed by atoms with Crippen LogP contribution in [0, 0.1) is 0 Å². The van der Waals surface area contributed by atoms with E-state index in [4.69, 9.17) is 16.7 Å². The molecule has 90 valence electrons. The molecule has 0 atom stereocenters. The van der Waals surface area contributed by atoms with Crippen LogP contribution in [-0.2, 0) is 4.79 Å². The summed E-state index contributed by atoms with van der Waals surface area (Å²) in [6.45, 7) is 0.00747. The minimum Gasteiger partial charge on any atom is -0.394 e. The Balaban J connectivity index is 1.92. The largest absolute Gasteiger partial charge is 0.394 e. The summed E-state index contributed by atoms with van der Waals surface area (Å²) in [5.74, 6) is -0.175. The molecule has 1 saturated carbocycles. The van der Waals surface area contributed by atoms with Gasteiger partial charge >= 0.3 is 0 Å². The highest BCUT2D eigenvalue weighted by molar-refractivity contribution is 6.30. The van der Waals surface area contributed by atoms with E-state index in [2.05, 4.69) is 5.32 Å². The maximum atomic E-state index is 11.6. The number of halogens is 1. The van der Waals surface area contributed by atoms with E-state index in [9.17, 15) is 4.79 Å². The second-order valence-electron chi connectivity index (χ2n) is 4.31. The number of hydrogen-bond donors (Lipinski definition) is 2. The Kier molecular flexibility index (Phi) is 3.50. The lowest BCUT2D eigenvalue weighted by Crippen LogP contribution is -2.38. The number of hydrogen-bond acceptors (Lipinski definition) is 2. The highest BCUT2D eigenvalue weighted by Gasteiger charge is 2.42. The number of aliphatic hydroxyl groups excluding tert-OH is 1. The van der Waals surface area contributed by atoms with Crippen molar-refractivity contribution >= 4 is 23.6 Å². The standard InChI is InChI=1S/C13H14ClNO2/c14-11-4-1-10(2-5-11)3-6-12(17)15-13(9-16)7-8-13/h1-6,16H,7-9H2,(H,15,17)/b6-3+.